The van der Waals surface area contributed by atoms with Gasteiger partial charge in [0.2, 0.25) is 0 Å². The predicted molar refractivity (Wildman–Crippen MR) is 68.5 cm³/mol. The number of aryl methyl sites for hydroxylation is 1. The lowest BCUT2D eigenvalue weighted by molar-refractivity contribution is 0.287. The molecule has 0 unspecified atom stereocenters. The van der Waals surface area contributed by atoms with Gasteiger partial charge in [-0.3, -0.25) is 4.57 Å². The van der Waals surface area contributed by atoms with Crippen LogP contribution >= 0.6 is 11.8 Å². The fourth-order valence-electron chi connectivity index (χ4n) is 1.74. The highest BCUT2D eigenvalue weighted by Gasteiger charge is 2.16. The summed E-state index contributed by atoms with van der Waals surface area (Å²) in [5, 5.41) is 17.3. The quantitative estimate of drug-likeness (QED) is 0.856. The van der Waals surface area contributed by atoms with E-state index >= 15 is 0 Å². The Morgan fingerprint density at radius 2 is 2.11 bits per heavy atom. The Hall–Kier alpha value is -1.47. The number of nitrogens with zero attached hydrogens (tertiary/aromatic N) is 3. The summed E-state index contributed by atoms with van der Waals surface area (Å²) in [6, 6.07) is 3.38. The molecule has 2 rings (SSSR count). The Morgan fingerprint density at radius 1 is 1.32 bits per heavy atom. The van der Waals surface area contributed by atoms with Gasteiger partial charge < -0.3 is 5.11 Å². The molecule has 0 bridgehead atoms. The minimum absolute atomic E-state index is 0.0212. The summed E-state index contributed by atoms with van der Waals surface area (Å²) < 4.78 is 28.4. The number of aromatic nitrogens is 3. The third-order valence-electron chi connectivity index (χ3n) is 2.59. The Balaban J connectivity index is 2.49. The number of benzene rings is 1. The molecule has 0 aliphatic rings. The van der Waals surface area contributed by atoms with Gasteiger partial charge in [-0.2, -0.15) is 0 Å². The maximum absolute atomic E-state index is 13.9. The molecule has 1 heterocycles. The summed E-state index contributed by atoms with van der Waals surface area (Å²) in [7, 11) is 0. The number of thioether (sulfide) groups is 1. The Bertz CT molecular complexity index is 574. The standard InChI is InChI=1S/C12H13F2N3OS/c1-19-12-16-15-11(3-2-6-18)17(12)10-5-4-8(13)7-9(10)14/h4-5,7,18H,2-3,6H2,1H3. The molecule has 7 heteroatoms. The highest BCUT2D eigenvalue weighted by Crippen LogP contribution is 2.23. The van der Waals surface area contributed by atoms with Crippen LogP contribution in [0.15, 0.2) is 23.4 Å². The van der Waals surface area contributed by atoms with Crippen LogP contribution in [0.5, 0.6) is 0 Å². The number of hydrogen-bond donors (Lipinski definition) is 1. The van der Waals surface area contributed by atoms with Gasteiger partial charge in [-0.1, -0.05) is 11.8 Å². The summed E-state index contributed by atoms with van der Waals surface area (Å²) in [5.74, 6) is -0.749. The third kappa shape index (κ3) is 2.93. The largest absolute Gasteiger partial charge is 0.396 e. The van der Waals surface area contributed by atoms with Gasteiger partial charge in [-0.25, -0.2) is 8.78 Å². The Kier molecular flexibility index (Phi) is 4.49. The summed E-state index contributed by atoms with van der Waals surface area (Å²) in [6.07, 6.45) is 2.79. The van der Waals surface area contributed by atoms with Crippen molar-refractivity contribution in [1.29, 1.82) is 0 Å². The van der Waals surface area contributed by atoms with Crippen LogP contribution in [-0.4, -0.2) is 32.7 Å². The first-order valence-electron chi connectivity index (χ1n) is 5.72. The number of aliphatic hydroxyl groups excluding tert-OH is 1. The van der Waals surface area contributed by atoms with Gasteiger partial charge in [0.25, 0.3) is 0 Å². The Morgan fingerprint density at radius 3 is 2.74 bits per heavy atom. The van der Waals surface area contributed by atoms with Crippen LogP contribution in [0.1, 0.15) is 12.2 Å². The van der Waals surface area contributed by atoms with Gasteiger partial charge in [-0.05, 0) is 24.8 Å². The fraction of sp³-hybridized carbons (Fsp3) is 0.333. The van der Waals surface area contributed by atoms with E-state index in [1.54, 1.807) is 10.8 Å². The zero-order valence-corrected chi connectivity index (χ0v) is 11.1. The molecule has 1 N–H and O–H groups in total. The van der Waals surface area contributed by atoms with Crippen molar-refractivity contribution in [2.24, 2.45) is 0 Å². The lowest BCUT2D eigenvalue weighted by Crippen LogP contribution is -2.06. The smallest absolute Gasteiger partial charge is 0.195 e. The van der Waals surface area contributed by atoms with Crippen LogP contribution in [0, 0.1) is 11.6 Å². The lowest BCUT2D eigenvalue weighted by atomic mass is 10.2. The second kappa shape index (κ2) is 6.12. The van der Waals surface area contributed by atoms with Crippen LogP contribution in [0.2, 0.25) is 0 Å². The van der Waals surface area contributed by atoms with Crippen molar-refractivity contribution < 1.29 is 13.9 Å². The van der Waals surface area contributed by atoms with E-state index < -0.39 is 11.6 Å². The maximum Gasteiger partial charge on any atom is 0.195 e. The van der Waals surface area contributed by atoms with Crippen molar-refractivity contribution >= 4 is 11.8 Å². The van der Waals surface area contributed by atoms with Gasteiger partial charge in [0.15, 0.2) is 5.16 Å². The first-order chi connectivity index (χ1) is 9.17. The van der Waals surface area contributed by atoms with Crippen LogP contribution in [0.25, 0.3) is 5.69 Å². The maximum atomic E-state index is 13.9. The van der Waals surface area contributed by atoms with E-state index in [9.17, 15) is 8.78 Å². The van der Waals surface area contributed by atoms with Gasteiger partial charge >= 0.3 is 0 Å². The third-order valence-corrected chi connectivity index (χ3v) is 3.22. The van der Waals surface area contributed by atoms with Gasteiger partial charge in [-0.15, -0.1) is 10.2 Å². The zero-order valence-electron chi connectivity index (χ0n) is 10.3. The SMILES string of the molecule is CSc1nnc(CCCO)n1-c1ccc(F)cc1F. The number of halogens is 2. The van der Waals surface area contributed by atoms with Crippen molar-refractivity contribution in [3.05, 3.63) is 35.7 Å². The highest BCUT2D eigenvalue weighted by molar-refractivity contribution is 7.98. The number of aliphatic hydroxyl groups is 1. The summed E-state index contributed by atoms with van der Waals surface area (Å²) >= 11 is 1.32. The van der Waals surface area contributed by atoms with Crippen LogP contribution in [0.4, 0.5) is 8.78 Å². The molecule has 0 spiro atoms. The molecular weight excluding hydrogens is 272 g/mol. The molecular formula is C12H13F2N3OS. The van der Waals surface area contributed by atoms with Crippen LogP contribution in [0.3, 0.4) is 0 Å². The second-order valence-corrected chi connectivity index (χ2v) is 4.63. The fourth-order valence-corrected chi connectivity index (χ4v) is 2.24. The summed E-state index contributed by atoms with van der Waals surface area (Å²) in [5.41, 5.74) is 0.212. The van der Waals surface area contributed by atoms with E-state index in [1.807, 2.05) is 0 Å². The molecule has 1 aromatic heterocycles. The minimum Gasteiger partial charge on any atom is -0.396 e. The van der Waals surface area contributed by atoms with Crippen molar-refractivity contribution in [1.82, 2.24) is 14.8 Å². The van der Waals surface area contributed by atoms with E-state index in [2.05, 4.69) is 10.2 Å². The average molecular weight is 285 g/mol. The minimum atomic E-state index is -0.666. The summed E-state index contributed by atoms with van der Waals surface area (Å²) in [4.78, 5) is 0. The molecule has 0 aliphatic heterocycles. The topological polar surface area (TPSA) is 50.9 Å². The Labute approximate surface area is 113 Å². The molecule has 0 aliphatic carbocycles. The van der Waals surface area contributed by atoms with E-state index in [0.717, 1.165) is 6.07 Å². The van der Waals surface area contributed by atoms with Crippen LogP contribution < -0.4 is 0 Å². The second-order valence-electron chi connectivity index (χ2n) is 3.86. The van der Waals surface area contributed by atoms with Crippen LogP contribution in [-0.2, 0) is 6.42 Å². The molecule has 4 nitrogen and oxygen atoms in total. The zero-order chi connectivity index (χ0) is 13.8. The molecule has 0 fully saturated rings. The number of hydrogen-bond acceptors (Lipinski definition) is 4. The molecule has 0 radical (unpaired) electrons. The lowest BCUT2D eigenvalue weighted by Gasteiger charge is -2.10. The number of rotatable bonds is 5. The molecule has 0 atom stereocenters. The summed E-state index contributed by atoms with van der Waals surface area (Å²) in [6.45, 7) is 0.0212. The molecule has 0 amide bonds. The van der Waals surface area contributed by atoms with Gasteiger partial charge in [0.1, 0.15) is 17.5 Å². The molecule has 2 aromatic rings. The van der Waals surface area contributed by atoms with E-state index in [4.69, 9.17) is 5.11 Å². The molecule has 1 aromatic carbocycles. The highest BCUT2D eigenvalue weighted by atomic mass is 32.2. The van der Waals surface area contributed by atoms with Crippen molar-refractivity contribution in [2.75, 3.05) is 12.9 Å². The van der Waals surface area contributed by atoms with E-state index in [-0.39, 0.29) is 12.3 Å². The molecule has 0 saturated heterocycles. The van der Waals surface area contributed by atoms with Gasteiger partial charge in [0.05, 0.1) is 5.69 Å². The first kappa shape index (κ1) is 14.0. The van der Waals surface area contributed by atoms with E-state index in [1.165, 1.54) is 23.9 Å². The molecule has 0 saturated carbocycles. The molecule has 102 valence electrons. The van der Waals surface area contributed by atoms with Crippen molar-refractivity contribution in [3.63, 3.8) is 0 Å². The van der Waals surface area contributed by atoms with Crippen molar-refractivity contribution in [2.45, 2.75) is 18.0 Å². The average Bonchev–Trinajstić information content (AvgIpc) is 2.79. The predicted octanol–water partition coefficient (Wildman–Crippen LogP) is 2.19. The van der Waals surface area contributed by atoms with E-state index in [0.29, 0.717) is 23.8 Å². The monoisotopic (exact) mass is 285 g/mol. The van der Waals surface area contributed by atoms with Gasteiger partial charge in [0, 0.05) is 19.1 Å². The first-order valence-corrected chi connectivity index (χ1v) is 6.94. The van der Waals surface area contributed by atoms with Crippen molar-refractivity contribution in [3.8, 4) is 5.69 Å². The normalized spacial score (nSPS) is 10.9. The molecule has 19 heavy (non-hydrogen) atoms.